The van der Waals surface area contributed by atoms with Crippen LogP contribution in [0, 0.1) is 19.8 Å². The molecule has 192 valence electrons. The highest BCUT2D eigenvalue weighted by molar-refractivity contribution is 7.17. The van der Waals surface area contributed by atoms with Gasteiger partial charge in [-0.25, -0.2) is 4.98 Å². The van der Waals surface area contributed by atoms with Gasteiger partial charge in [0.2, 0.25) is 0 Å². The van der Waals surface area contributed by atoms with Crippen LogP contribution in [-0.4, -0.2) is 4.98 Å². The quantitative estimate of drug-likeness (QED) is 0.232. The molecule has 0 aliphatic rings. The maximum absolute atomic E-state index is 6.33. The first-order valence-corrected chi connectivity index (χ1v) is 14.4. The third kappa shape index (κ3) is 4.23. The third-order valence-corrected chi connectivity index (χ3v) is 8.67. The van der Waals surface area contributed by atoms with Gasteiger partial charge in [-0.1, -0.05) is 71.0 Å². The van der Waals surface area contributed by atoms with Gasteiger partial charge in [-0.3, -0.25) is 0 Å². The Labute approximate surface area is 229 Å². The second-order valence-corrected chi connectivity index (χ2v) is 13.0. The monoisotopic (exact) mass is 517 g/mol. The normalized spacial score (nSPS) is 12.4. The fourth-order valence-electron chi connectivity index (χ4n) is 5.58. The number of furan rings is 1. The van der Waals surface area contributed by atoms with E-state index in [1.807, 2.05) is 18.3 Å². The van der Waals surface area contributed by atoms with E-state index in [9.17, 15) is 0 Å². The van der Waals surface area contributed by atoms with Gasteiger partial charge in [0.05, 0.1) is 5.69 Å². The van der Waals surface area contributed by atoms with Crippen molar-refractivity contribution >= 4 is 43.3 Å². The summed E-state index contributed by atoms with van der Waals surface area (Å²) in [6.45, 7) is 15.6. The number of benzene rings is 3. The van der Waals surface area contributed by atoms with Gasteiger partial charge in [-0.15, -0.1) is 11.3 Å². The van der Waals surface area contributed by atoms with E-state index in [-0.39, 0.29) is 5.41 Å². The van der Waals surface area contributed by atoms with Gasteiger partial charge in [-0.05, 0) is 94.1 Å². The second kappa shape index (κ2) is 9.10. The average Bonchev–Trinajstić information content (AvgIpc) is 3.41. The lowest BCUT2D eigenvalue weighted by Crippen LogP contribution is -2.12. The summed E-state index contributed by atoms with van der Waals surface area (Å²) in [7, 11) is 0. The van der Waals surface area contributed by atoms with E-state index < -0.39 is 0 Å². The second-order valence-electron chi connectivity index (χ2n) is 12.1. The first kappa shape index (κ1) is 24.9. The Morgan fingerprint density at radius 3 is 2.45 bits per heavy atom. The minimum Gasteiger partial charge on any atom is -0.459 e. The molecule has 0 saturated carbocycles. The molecule has 0 N–H and O–H groups in total. The fraction of sp³-hybridized carbons (Fsp3) is 0.286. The van der Waals surface area contributed by atoms with E-state index in [1.54, 1.807) is 0 Å². The Morgan fingerprint density at radius 1 is 0.895 bits per heavy atom. The number of aromatic nitrogens is 1. The number of thiophene rings is 1. The molecule has 0 amide bonds. The van der Waals surface area contributed by atoms with E-state index in [1.165, 1.54) is 37.5 Å². The largest absolute Gasteiger partial charge is 0.459 e. The van der Waals surface area contributed by atoms with Gasteiger partial charge >= 0.3 is 0 Å². The van der Waals surface area contributed by atoms with Crippen molar-refractivity contribution in [3.05, 3.63) is 88.5 Å². The smallest absolute Gasteiger partial charge is 0.160 e. The Kier molecular flexibility index (Phi) is 5.96. The molecule has 0 aliphatic carbocycles. The van der Waals surface area contributed by atoms with E-state index in [0.29, 0.717) is 5.92 Å². The van der Waals surface area contributed by atoms with Crippen LogP contribution in [0.3, 0.4) is 0 Å². The summed E-state index contributed by atoms with van der Waals surface area (Å²) < 4.78 is 7.66. The van der Waals surface area contributed by atoms with Crippen LogP contribution >= 0.6 is 11.3 Å². The van der Waals surface area contributed by atoms with Crippen molar-refractivity contribution in [2.75, 3.05) is 0 Å². The summed E-state index contributed by atoms with van der Waals surface area (Å²) >= 11 is 1.84. The molecule has 3 aromatic heterocycles. The Morgan fingerprint density at radius 2 is 1.68 bits per heavy atom. The number of rotatable bonds is 4. The van der Waals surface area contributed by atoms with Gasteiger partial charge in [0.25, 0.3) is 0 Å². The van der Waals surface area contributed by atoms with E-state index in [0.717, 1.165) is 45.7 Å². The minimum absolute atomic E-state index is 0.0165. The molecule has 0 atom stereocenters. The molecule has 0 fully saturated rings. The zero-order valence-electron chi connectivity index (χ0n) is 23.4. The molecule has 0 spiro atoms. The molecule has 2 nitrogen and oxygen atoms in total. The molecule has 3 aromatic carbocycles. The van der Waals surface area contributed by atoms with Crippen LogP contribution in [0.15, 0.2) is 70.5 Å². The third-order valence-electron chi connectivity index (χ3n) is 7.67. The summed E-state index contributed by atoms with van der Waals surface area (Å²) in [6.07, 6.45) is 1.11. The number of hydrogen-bond donors (Lipinski definition) is 0. The molecule has 0 unspecified atom stereocenters. The summed E-state index contributed by atoms with van der Waals surface area (Å²) in [5.74, 6) is 1.57. The van der Waals surface area contributed by atoms with E-state index in [4.69, 9.17) is 9.40 Å². The predicted molar refractivity (Wildman–Crippen MR) is 164 cm³/mol. The molecule has 0 saturated heterocycles. The number of pyridine rings is 1. The van der Waals surface area contributed by atoms with Crippen LogP contribution in [0.25, 0.3) is 54.3 Å². The lowest BCUT2D eigenvalue weighted by molar-refractivity contribution is 0.575. The van der Waals surface area contributed by atoms with Gasteiger partial charge in [0, 0.05) is 21.4 Å². The molecule has 6 rings (SSSR count). The van der Waals surface area contributed by atoms with Crippen LogP contribution in [0.5, 0.6) is 0 Å². The molecular formula is C35H35NOS. The molecule has 0 radical (unpaired) electrons. The van der Waals surface area contributed by atoms with Crippen LogP contribution in [0.2, 0.25) is 0 Å². The van der Waals surface area contributed by atoms with Crippen molar-refractivity contribution in [2.45, 2.75) is 60.3 Å². The molecule has 38 heavy (non-hydrogen) atoms. The number of nitrogens with zero attached hydrogens (tertiary/aromatic N) is 1. The van der Waals surface area contributed by atoms with Crippen molar-refractivity contribution in [3.8, 4) is 22.4 Å². The van der Waals surface area contributed by atoms with Gasteiger partial charge in [-0.2, -0.15) is 0 Å². The van der Waals surface area contributed by atoms with Crippen LogP contribution in [0.1, 0.15) is 57.1 Å². The van der Waals surface area contributed by atoms with Crippen molar-refractivity contribution in [2.24, 2.45) is 5.92 Å². The highest BCUT2D eigenvalue weighted by atomic mass is 32.1. The van der Waals surface area contributed by atoms with Gasteiger partial charge in [0.15, 0.2) is 5.58 Å². The SMILES string of the molecule is Cc1oc2c(-c3ccc4c(CC(C)C)csc4c3)cc(-c3cc(C(C)(C)C)c4ccccc4c3)nc2c1C. The molecule has 6 aromatic rings. The van der Waals surface area contributed by atoms with E-state index in [2.05, 4.69) is 108 Å². The van der Waals surface area contributed by atoms with Crippen LogP contribution in [0.4, 0.5) is 0 Å². The Hall–Kier alpha value is -3.43. The minimum atomic E-state index is 0.0165. The highest BCUT2D eigenvalue weighted by Gasteiger charge is 2.21. The lowest BCUT2D eigenvalue weighted by atomic mass is 9.82. The number of hydrogen-bond acceptors (Lipinski definition) is 3. The molecule has 3 heterocycles. The zero-order valence-corrected chi connectivity index (χ0v) is 24.2. The topological polar surface area (TPSA) is 26.0 Å². The van der Waals surface area contributed by atoms with Crippen molar-refractivity contribution in [1.29, 1.82) is 0 Å². The summed E-state index contributed by atoms with van der Waals surface area (Å²) in [4.78, 5) is 5.19. The van der Waals surface area contributed by atoms with Crippen LogP contribution < -0.4 is 0 Å². The Balaban J connectivity index is 1.59. The summed E-state index contributed by atoms with van der Waals surface area (Å²) in [6, 6.07) is 22.4. The maximum Gasteiger partial charge on any atom is 0.160 e. The van der Waals surface area contributed by atoms with Crippen molar-refractivity contribution < 1.29 is 4.42 Å². The first-order valence-electron chi connectivity index (χ1n) is 13.5. The average molecular weight is 518 g/mol. The number of fused-ring (bicyclic) bond motifs is 3. The van der Waals surface area contributed by atoms with Crippen LogP contribution in [-0.2, 0) is 11.8 Å². The maximum atomic E-state index is 6.33. The predicted octanol–water partition coefficient (Wildman–Crippen LogP) is 10.6. The molecule has 0 bridgehead atoms. The van der Waals surface area contributed by atoms with Gasteiger partial charge in [0.1, 0.15) is 11.3 Å². The highest BCUT2D eigenvalue weighted by Crippen LogP contribution is 2.40. The molecule has 3 heteroatoms. The van der Waals surface area contributed by atoms with E-state index >= 15 is 0 Å². The molecule has 0 aliphatic heterocycles. The number of aryl methyl sites for hydroxylation is 2. The first-order chi connectivity index (χ1) is 18.1. The van der Waals surface area contributed by atoms with Gasteiger partial charge < -0.3 is 4.42 Å². The zero-order chi connectivity index (χ0) is 26.8. The Bertz CT molecular complexity index is 1830. The summed E-state index contributed by atoms with van der Waals surface area (Å²) in [5.41, 5.74) is 10.1. The lowest BCUT2D eigenvalue weighted by Gasteiger charge is -2.23. The fourth-order valence-corrected chi connectivity index (χ4v) is 6.59. The van der Waals surface area contributed by atoms with Crippen molar-refractivity contribution in [3.63, 3.8) is 0 Å². The van der Waals surface area contributed by atoms with Crippen molar-refractivity contribution in [1.82, 2.24) is 4.98 Å². The molecular weight excluding hydrogens is 482 g/mol. The summed E-state index contributed by atoms with van der Waals surface area (Å²) in [5, 5.41) is 6.25. The standard InChI is InChI=1S/C35H35NOS/c1-20(2)14-26-19-38-32-17-24(12-13-28(26)32)29-18-31(36-33-21(3)22(4)37-34(29)33)25-15-23-10-8-9-11-27(23)30(16-25)35(5,6)7/h8-13,15-20H,14H2,1-7H3.